The van der Waals surface area contributed by atoms with Gasteiger partial charge in [0.2, 0.25) is 0 Å². The van der Waals surface area contributed by atoms with Crippen LogP contribution in [0.1, 0.15) is 206 Å². The summed E-state index contributed by atoms with van der Waals surface area (Å²) in [6.45, 7) is 6.43. The molecular formula is C43H83NO6. The molecule has 0 saturated carbocycles. The van der Waals surface area contributed by atoms with Gasteiger partial charge in [-0.05, 0) is 91.3 Å². The highest BCUT2D eigenvalue weighted by molar-refractivity contribution is 5.69. The molecule has 0 aromatic carbocycles. The van der Waals surface area contributed by atoms with Crippen LogP contribution in [0.3, 0.4) is 0 Å². The number of aliphatic hydroxyl groups is 1. The average molecular weight is 710 g/mol. The molecule has 0 spiro atoms. The topological polar surface area (TPSA) is 85.3 Å². The Bertz CT molecular complexity index is 758. The maximum atomic E-state index is 12.5. The van der Waals surface area contributed by atoms with Gasteiger partial charge in [-0.25, -0.2) is 0 Å². The second-order valence-electron chi connectivity index (χ2n) is 14.8. The van der Waals surface area contributed by atoms with Gasteiger partial charge in [0.25, 0.3) is 0 Å². The standard InChI is InChI=1S/C43H83NO6/c1-5-7-9-11-17-23-29-38-48-41(45)34-27-21-15-13-19-25-32-40(50-43(47)36-31-37-44(3)4)33-26-20-14-16-22-28-35-42(46)49-39-30-24-18-12-10-8-6-2/h23,29,40-41,45H,5-22,24-28,30-39H2,1-4H3/b29-23+/t40?,41-/m1/s1. The number of rotatable bonds is 39. The number of carbonyl (C=O) groups is 2. The summed E-state index contributed by atoms with van der Waals surface area (Å²) in [6, 6.07) is 0. The Morgan fingerprint density at radius 1 is 0.580 bits per heavy atom. The predicted molar refractivity (Wildman–Crippen MR) is 210 cm³/mol. The fourth-order valence-corrected chi connectivity index (χ4v) is 6.24. The van der Waals surface area contributed by atoms with E-state index in [2.05, 4.69) is 24.8 Å². The monoisotopic (exact) mass is 710 g/mol. The Morgan fingerprint density at radius 3 is 1.68 bits per heavy atom. The van der Waals surface area contributed by atoms with Crippen LogP contribution in [0.2, 0.25) is 0 Å². The molecule has 0 radical (unpaired) electrons. The minimum Gasteiger partial charge on any atom is -0.466 e. The van der Waals surface area contributed by atoms with Crippen LogP contribution < -0.4 is 0 Å². The number of hydrogen-bond acceptors (Lipinski definition) is 7. The summed E-state index contributed by atoms with van der Waals surface area (Å²) in [5.74, 6) is -0.0965. The van der Waals surface area contributed by atoms with Crippen molar-refractivity contribution in [1.82, 2.24) is 4.90 Å². The molecule has 50 heavy (non-hydrogen) atoms. The van der Waals surface area contributed by atoms with Crippen molar-refractivity contribution in [1.29, 1.82) is 0 Å². The lowest BCUT2D eigenvalue weighted by Gasteiger charge is -2.18. The van der Waals surface area contributed by atoms with Crippen LogP contribution in [0.4, 0.5) is 0 Å². The zero-order valence-corrected chi connectivity index (χ0v) is 33.6. The third-order valence-electron chi connectivity index (χ3n) is 9.46. The number of nitrogens with zero attached hydrogens (tertiary/aromatic N) is 1. The van der Waals surface area contributed by atoms with Crippen molar-refractivity contribution in [2.45, 2.75) is 219 Å². The van der Waals surface area contributed by atoms with E-state index in [4.69, 9.17) is 14.2 Å². The third-order valence-corrected chi connectivity index (χ3v) is 9.46. The molecule has 0 aliphatic rings. The Morgan fingerprint density at radius 2 is 1.08 bits per heavy atom. The zero-order valence-electron chi connectivity index (χ0n) is 33.6. The van der Waals surface area contributed by atoms with Gasteiger partial charge in [0.1, 0.15) is 6.10 Å². The van der Waals surface area contributed by atoms with E-state index in [0.717, 1.165) is 116 Å². The summed E-state index contributed by atoms with van der Waals surface area (Å²) in [4.78, 5) is 26.7. The average Bonchev–Trinajstić information content (AvgIpc) is 3.09. The van der Waals surface area contributed by atoms with E-state index >= 15 is 0 Å². The van der Waals surface area contributed by atoms with Crippen molar-refractivity contribution in [3.8, 4) is 0 Å². The van der Waals surface area contributed by atoms with Gasteiger partial charge in [-0.3, -0.25) is 9.59 Å². The quantitative estimate of drug-likeness (QED) is 0.0294. The number of esters is 2. The highest BCUT2D eigenvalue weighted by Gasteiger charge is 2.14. The van der Waals surface area contributed by atoms with Crippen molar-refractivity contribution < 1.29 is 28.9 Å². The van der Waals surface area contributed by atoms with E-state index in [1.165, 1.54) is 64.2 Å². The first kappa shape index (κ1) is 48.6. The van der Waals surface area contributed by atoms with Crippen LogP contribution in [0.25, 0.3) is 0 Å². The first-order valence-corrected chi connectivity index (χ1v) is 21.3. The van der Waals surface area contributed by atoms with Crippen molar-refractivity contribution in [3.05, 3.63) is 12.2 Å². The lowest BCUT2D eigenvalue weighted by Crippen LogP contribution is -2.20. The lowest BCUT2D eigenvalue weighted by molar-refractivity contribution is -0.150. The molecule has 0 amide bonds. The van der Waals surface area contributed by atoms with Gasteiger partial charge in [0.15, 0.2) is 6.29 Å². The van der Waals surface area contributed by atoms with E-state index in [-0.39, 0.29) is 18.0 Å². The van der Waals surface area contributed by atoms with E-state index in [1.807, 2.05) is 20.2 Å². The Hall–Kier alpha value is -1.44. The Labute approximate surface area is 310 Å². The summed E-state index contributed by atoms with van der Waals surface area (Å²) in [7, 11) is 4.06. The molecular weight excluding hydrogens is 626 g/mol. The maximum absolute atomic E-state index is 12.5. The van der Waals surface area contributed by atoms with E-state index in [9.17, 15) is 14.7 Å². The van der Waals surface area contributed by atoms with Gasteiger partial charge < -0.3 is 24.2 Å². The Balaban J connectivity index is 4.03. The number of allylic oxidation sites excluding steroid dienone is 1. The summed E-state index contributed by atoms with van der Waals surface area (Å²) in [5, 5.41) is 10.1. The third kappa shape index (κ3) is 37.8. The van der Waals surface area contributed by atoms with Gasteiger partial charge in [-0.2, -0.15) is 0 Å². The molecule has 296 valence electrons. The lowest BCUT2D eigenvalue weighted by atomic mass is 10.0. The Kier molecular flexibility index (Phi) is 37.7. The second kappa shape index (κ2) is 38.8. The molecule has 0 aliphatic heterocycles. The maximum Gasteiger partial charge on any atom is 0.306 e. The van der Waals surface area contributed by atoms with E-state index in [1.54, 1.807) is 0 Å². The van der Waals surface area contributed by atoms with Crippen molar-refractivity contribution in [3.63, 3.8) is 0 Å². The van der Waals surface area contributed by atoms with Gasteiger partial charge in [-0.1, -0.05) is 135 Å². The molecule has 1 unspecified atom stereocenters. The van der Waals surface area contributed by atoms with Crippen LogP contribution in [-0.2, 0) is 23.8 Å². The van der Waals surface area contributed by atoms with Crippen LogP contribution in [0.5, 0.6) is 0 Å². The minimum absolute atomic E-state index is 0.0191. The largest absolute Gasteiger partial charge is 0.466 e. The number of carbonyl (C=O) groups excluding carboxylic acids is 2. The summed E-state index contributed by atoms with van der Waals surface area (Å²) in [5.41, 5.74) is 0. The second-order valence-corrected chi connectivity index (χ2v) is 14.8. The SMILES string of the molecule is CCCCCC/C=C/CO[C@@H](O)CCCCCCCCC(CCCCCCCCC(=O)OCCCCCCCCC)OC(=O)CCCN(C)C. The van der Waals surface area contributed by atoms with Gasteiger partial charge in [0, 0.05) is 12.8 Å². The van der Waals surface area contributed by atoms with Crippen LogP contribution in [-0.4, -0.2) is 68.2 Å². The first-order valence-electron chi connectivity index (χ1n) is 21.3. The molecule has 0 aliphatic carbocycles. The minimum atomic E-state index is -0.666. The number of aliphatic hydroxyl groups excluding tert-OH is 1. The highest BCUT2D eigenvalue weighted by atomic mass is 16.6. The smallest absolute Gasteiger partial charge is 0.306 e. The molecule has 1 N–H and O–H groups in total. The van der Waals surface area contributed by atoms with Gasteiger partial charge >= 0.3 is 11.9 Å². The van der Waals surface area contributed by atoms with Crippen LogP contribution in [0, 0.1) is 0 Å². The highest BCUT2D eigenvalue weighted by Crippen LogP contribution is 2.18. The molecule has 2 atom stereocenters. The molecule has 0 heterocycles. The molecule has 0 aromatic heterocycles. The van der Waals surface area contributed by atoms with Crippen molar-refractivity contribution in [2.75, 3.05) is 33.9 Å². The zero-order chi connectivity index (χ0) is 36.8. The summed E-state index contributed by atoms with van der Waals surface area (Å²) in [6.07, 6.45) is 36.0. The predicted octanol–water partition coefficient (Wildman–Crippen LogP) is 11.6. The molecule has 0 fully saturated rings. The molecule has 0 bridgehead atoms. The summed E-state index contributed by atoms with van der Waals surface area (Å²) < 4.78 is 16.9. The number of ether oxygens (including phenoxy) is 3. The summed E-state index contributed by atoms with van der Waals surface area (Å²) >= 11 is 0. The number of unbranched alkanes of at least 4 members (excludes halogenated alkanes) is 20. The van der Waals surface area contributed by atoms with Crippen molar-refractivity contribution in [2.24, 2.45) is 0 Å². The van der Waals surface area contributed by atoms with Crippen molar-refractivity contribution >= 4 is 11.9 Å². The van der Waals surface area contributed by atoms with Crippen LogP contribution >= 0.6 is 0 Å². The molecule has 7 nitrogen and oxygen atoms in total. The normalized spacial score (nSPS) is 12.9. The molecule has 0 rings (SSSR count). The molecule has 0 saturated heterocycles. The van der Waals surface area contributed by atoms with Gasteiger partial charge in [-0.15, -0.1) is 0 Å². The van der Waals surface area contributed by atoms with E-state index < -0.39 is 6.29 Å². The number of hydrogen-bond donors (Lipinski definition) is 1. The fraction of sp³-hybridized carbons (Fsp3) is 0.907. The molecule has 0 aromatic rings. The molecule has 7 heteroatoms. The fourth-order valence-electron chi connectivity index (χ4n) is 6.24. The van der Waals surface area contributed by atoms with E-state index in [0.29, 0.717) is 32.5 Å². The van der Waals surface area contributed by atoms with Crippen LogP contribution in [0.15, 0.2) is 12.2 Å². The first-order chi connectivity index (χ1) is 24.4. The van der Waals surface area contributed by atoms with Gasteiger partial charge in [0.05, 0.1) is 13.2 Å².